The lowest BCUT2D eigenvalue weighted by atomic mass is 9.88. The van der Waals surface area contributed by atoms with Crippen LogP contribution in [-0.4, -0.2) is 7.11 Å². The fraction of sp³-hybridized carbons (Fsp3) is 0.214. The first kappa shape index (κ1) is 23.9. The molecule has 3 aromatic carbocycles. The molecule has 0 spiro atoms. The van der Waals surface area contributed by atoms with Crippen molar-refractivity contribution in [3.8, 4) is 46.9 Å². The van der Waals surface area contributed by atoms with Gasteiger partial charge >= 0.3 is 0 Å². The van der Waals surface area contributed by atoms with Gasteiger partial charge in [-0.15, -0.1) is 0 Å². The van der Waals surface area contributed by atoms with Crippen molar-refractivity contribution in [1.29, 1.82) is 21.0 Å². The molecule has 0 aliphatic rings. The van der Waals surface area contributed by atoms with Crippen molar-refractivity contribution >= 4 is 0 Å². The molecule has 6 nitrogen and oxygen atoms in total. The minimum atomic E-state index is 0.0910. The Bertz CT molecular complexity index is 1260. The van der Waals surface area contributed by atoms with Gasteiger partial charge in [-0.2, -0.15) is 21.0 Å². The number of nitriles is 4. The summed E-state index contributed by atoms with van der Waals surface area (Å²) >= 11 is 0. The van der Waals surface area contributed by atoms with E-state index >= 15 is 0 Å². The van der Waals surface area contributed by atoms with Crippen LogP contribution >= 0.6 is 0 Å². The lowest BCUT2D eigenvalue weighted by molar-refractivity contribution is 0.301. The Balaban J connectivity index is 2.20. The second-order valence-corrected chi connectivity index (χ2v) is 7.56. The second-order valence-electron chi connectivity index (χ2n) is 7.56. The molecule has 0 amide bonds. The van der Waals surface area contributed by atoms with E-state index in [-0.39, 0.29) is 25.7 Å². The number of methoxy groups -OCH3 is 1. The molecule has 0 N–H and O–H groups in total. The Kier molecular flexibility index (Phi) is 8.24. The van der Waals surface area contributed by atoms with E-state index in [1.807, 2.05) is 42.5 Å². The van der Waals surface area contributed by atoms with E-state index in [4.69, 9.17) is 9.47 Å². The van der Waals surface area contributed by atoms with Crippen molar-refractivity contribution in [2.75, 3.05) is 7.11 Å². The predicted molar refractivity (Wildman–Crippen MR) is 126 cm³/mol. The zero-order valence-electron chi connectivity index (χ0n) is 18.8. The predicted octanol–water partition coefficient (Wildman–Crippen LogP) is 5.21. The fourth-order valence-electron chi connectivity index (χ4n) is 3.92. The summed E-state index contributed by atoms with van der Waals surface area (Å²) in [6.45, 7) is 0.305. The molecule has 0 bridgehead atoms. The SMILES string of the molecule is COc1cc(CC#N)c(-c2cc(CC#N)c(OCc3ccccc3)c(CC#N)c2)c(CC#N)c1. The Morgan fingerprint density at radius 3 is 1.65 bits per heavy atom. The molecule has 0 aliphatic carbocycles. The molecule has 34 heavy (non-hydrogen) atoms. The van der Waals surface area contributed by atoms with E-state index in [1.165, 1.54) is 7.11 Å². The highest BCUT2D eigenvalue weighted by molar-refractivity contribution is 5.76. The van der Waals surface area contributed by atoms with Gasteiger partial charge in [-0.25, -0.2) is 0 Å². The molecule has 0 fully saturated rings. The molecule has 0 radical (unpaired) electrons. The van der Waals surface area contributed by atoms with Gasteiger partial charge in [0.1, 0.15) is 18.1 Å². The van der Waals surface area contributed by atoms with Crippen molar-refractivity contribution in [3.63, 3.8) is 0 Å². The Morgan fingerprint density at radius 2 is 1.18 bits per heavy atom. The Hall–Kier alpha value is -4.78. The minimum Gasteiger partial charge on any atom is -0.497 e. The number of ether oxygens (including phenoxy) is 2. The number of hydrogen-bond acceptors (Lipinski definition) is 6. The van der Waals surface area contributed by atoms with Gasteiger partial charge in [0.25, 0.3) is 0 Å². The molecule has 0 heterocycles. The van der Waals surface area contributed by atoms with Gasteiger partial charge < -0.3 is 9.47 Å². The number of benzene rings is 3. The van der Waals surface area contributed by atoms with E-state index in [9.17, 15) is 21.0 Å². The average molecular weight is 447 g/mol. The van der Waals surface area contributed by atoms with Crippen molar-refractivity contribution < 1.29 is 9.47 Å². The van der Waals surface area contributed by atoms with E-state index in [0.717, 1.165) is 27.8 Å². The van der Waals surface area contributed by atoms with Crippen LogP contribution in [0.1, 0.15) is 27.8 Å². The molecule has 0 saturated carbocycles. The van der Waals surface area contributed by atoms with Gasteiger partial charge in [-0.05, 0) is 52.1 Å². The third kappa shape index (κ3) is 5.52. The van der Waals surface area contributed by atoms with Crippen molar-refractivity contribution in [2.45, 2.75) is 32.3 Å². The largest absolute Gasteiger partial charge is 0.497 e. The monoisotopic (exact) mass is 446 g/mol. The maximum absolute atomic E-state index is 9.48. The summed E-state index contributed by atoms with van der Waals surface area (Å²) < 4.78 is 11.5. The van der Waals surface area contributed by atoms with Gasteiger partial charge in [0, 0.05) is 11.1 Å². The highest BCUT2D eigenvalue weighted by atomic mass is 16.5. The first-order valence-electron chi connectivity index (χ1n) is 10.7. The molecular formula is C28H22N4O2. The summed E-state index contributed by atoms with van der Waals surface area (Å²) in [7, 11) is 1.54. The van der Waals surface area contributed by atoms with Crippen LogP contribution in [0.4, 0.5) is 0 Å². The van der Waals surface area contributed by atoms with Crippen molar-refractivity contribution in [3.05, 3.63) is 82.4 Å². The van der Waals surface area contributed by atoms with Crippen molar-refractivity contribution in [1.82, 2.24) is 0 Å². The summed E-state index contributed by atoms with van der Waals surface area (Å²) in [5, 5.41) is 37.8. The average Bonchev–Trinajstić information content (AvgIpc) is 2.84. The number of nitrogens with zero attached hydrogens (tertiary/aromatic N) is 4. The van der Waals surface area contributed by atoms with E-state index in [0.29, 0.717) is 29.2 Å². The van der Waals surface area contributed by atoms with Crippen LogP contribution < -0.4 is 9.47 Å². The minimum absolute atomic E-state index is 0.0910. The van der Waals surface area contributed by atoms with Gasteiger partial charge in [-0.3, -0.25) is 0 Å². The van der Waals surface area contributed by atoms with Crippen LogP contribution in [0, 0.1) is 45.3 Å². The Morgan fingerprint density at radius 1 is 0.676 bits per heavy atom. The van der Waals surface area contributed by atoms with E-state index in [2.05, 4.69) is 24.3 Å². The van der Waals surface area contributed by atoms with Gasteiger partial charge in [-0.1, -0.05) is 30.3 Å². The topological polar surface area (TPSA) is 114 Å². The van der Waals surface area contributed by atoms with E-state index in [1.54, 1.807) is 12.1 Å². The van der Waals surface area contributed by atoms with Crippen LogP contribution in [0.15, 0.2) is 54.6 Å². The lowest BCUT2D eigenvalue weighted by Crippen LogP contribution is -2.04. The second kappa shape index (κ2) is 11.7. The zero-order chi connectivity index (χ0) is 24.3. The molecule has 0 aromatic heterocycles. The smallest absolute Gasteiger partial charge is 0.128 e. The lowest BCUT2D eigenvalue weighted by Gasteiger charge is -2.19. The first-order chi connectivity index (χ1) is 16.6. The summed E-state index contributed by atoms with van der Waals surface area (Å²) in [6, 6.07) is 25.7. The molecule has 166 valence electrons. The molecule has 0 unspecified atom stereocenters. The van der Waals surface area contributed by atoms with Crippen LogP contribution in [0.3, 0.4) is 0 Å². The summed E-state index contributed by atoms with van der Waals surface area (Å²) in [5.41, 5.74) is 5.20. The summed E-state index contributed by atoms with van der Waals surface area (Å²) in [4.78, 5) is 0. The summed E-state index contributed by atoms with van der Waals surface area (Å²) in [5.74, 6) is 1.09. The summed E-state index contributed by atoms with van der Waals surface area (Å²) in [6.07, 6.45) is 0.429. The number of hydrogen-bond donors (Lipinski definition) is 0. The molecule has 3 aromatic rings. The standard InChI is InChI=1S/C28H22N4O2/c1-33-26-17-21(7-11-29)27(22(18-26)8-12-30)25-15-23(9-13-31)28(24(16-25)10-14-32)34-19-20-5-3-2-4-6-20/h2-6,15-18H,7-10,19H2,1H3. The van der Waals surface area contributed by atoms with Gasteiger partial charge in [0.05, 0.1) is 57.1 Å². The normalized spacial score (nSPS) is 9.79. The van der Waals surface area contributed by atoms with Crippen LogP contribution in [0.2, 0.25) is 0 Å². The molecule has 6 heteroatoms. The molecule has 0 aliphatic heterocycles. The Labute approximate surface area is 199 Å². The molecular weight excluding hydrogens is 424 g/mol. The van der Waals surface area contributed by atoms with Crippen LogP contribution in [0.5, 0.6) is 11.5 Å². The van der Waals surface area contributed by atoms with Gasteiger partial charge in [0.15, 0.2) is 0 Å². The highest BCUT2D eigenvalue weighted by Crippen LogP contribution is 2.37. The zero-order valence-corrected chi connectivity index (χ0v) is 18.8. The van der Waals surface area contributed by atoms with Crippen LogP contribution in [-0.2, 0) is 32.3 Å². The quantitative estimate of drug-likeness (QED) is 0.446. The maximum Gasteiger partial charge on any atom is 0.128 e. The highest BCUT2D eigenvalue weighted by Gasteiger charge is 2.19. The third-order valence-electron chi connectivity index (χ3n) is 5.35. The maximum atomic E-state index is 9.48. The fourth-order valence-corrected chi connectivity index (χ4v) is 3.92. The molecule has 3 rings (SSSR count). The van der Waals surface area contributed by atoms with Crippen molar-refractivity contribution in [2.24, 2.45) is 0 Å². The molecule has 0 atom stereocenters. The van der Waals surface area contributed by atoms with Crippen LogP contribution in [0.25, 0.3) is 11.1 Å². The first-order valence-corrected chi connectivity index (χ1v) is 10.7. The van der Waals surface area contributed by atoms with E-state index < -0.39 is 0 Å². The molecule has 0 saturated heterocycles. The number of rotatable bonds is 9. The third-order valence-corrected chi connectivity index (χ3v) is 5.35. The van der Waals surface area contributed by atoms with Gasteiger partial charge in [0.2, 0.25) is 0 Å².